The van der Waals surface area contributed by atoms with Gasteiger partial charge in [-0.1, -0.05) is 35.2 Å². The van der Waals surface area contributed by atoms with Crippen molar-refractivity contribution in [1.29, 1.82) is 0 Å². The van der Waals surface area contributed by atoms with Crippen LogP contribution in [0.5, 0.6) is 0 Å². The molecule has 0 heterocycles. The normalized spacial score (nSPS) is 20.2. The summed E-state index contributed by atoms with van der Waals surface area (Å²) in [4.78, 5) is 0. The Bertz CT molecular complexity index is 359. The van der Waals surface area contributed by atoms with Crippen LogP contribution >= 0.6 is 15.9 Å². The zero-order valence-electron chi connectivity index (χ0n) is 8.60. The Kier molecular flexibility index (Phi) is 3.12. The molecule has 1 aliphatic rings. The Labute approximate surface area is 98.0 Å². The predicted molar refractivity (Wildman–Crippen MR) is 63.1 cm³/mol. The smallest absolute Gasteiger partial charge is 0.123 e. The summed E-state index contributed by atoms with van der Waals surface area (Å²) >= 11 is 3.45. The molecule has 0 aromatic heterocycles. The second-order valence-electron chi connectivity index (χ2n) is 4.34. The zero-order chi connectivity index (χ0) is 10.9. The molecule has 0 aliphatic heterocycles. The molecule has 82 valence electrons. The van der Waals surface area contributed by atoms with Gasteiger partial charge in [-0.25, -0.2) is 4.39 Å². The minimum Gasteiger partial charge on any atom is -0.321 e. The van der Waals surface area contributed by atoms with E-state index in [1.807, 2.05) is 0 Å². The van der Waals surface area contributed by atoms with E-state index >= 15 is 0 Å². The molecular formula is C12H15BrFN. The molecule has 1 saturated carbocycles. The third-order valence-corrected chi connectivity index (χ3v) is 3.90. The first-order valence-electron chi connectivity index (χ1n) is 5.36. The van der Waals surface area contributed by atoms with Crippen molar-refractivity contribution in [2.45, 2.75) is 37.6 Å². The van der Waals surface area contributed by atoms with Crippen molar-refractivity contribution >= 4 is 15.9 Å². The van der Waals surface area contributed by atoms with Crippen LogP contribution in [0.1, 0.15) is 37.7 Å². The molecule has 1 aromatic rings. The third-order valence-electron chi connectivity index (χ3n) is 3.21. The minimum absolute atomic E-state index is 0.205. The summed E-state index contributed by atoms with van der Waals surface area (Å²) < 4.78 is 14.1. The van der Waals surface area contributed by atoms with Crippen molar-refractivity contribution < 1.29 is 4.39 Å². The fourth-order valence-corrected chi connectivity index (χ4v) is 2.97. The van der Waals surface area contributed by atoms with Crippen molar-refractivity contribution in [2.24, 2.45) is 5.73 Å². The summed E-state index contributed by atoms with van der Waals surface area (Å²) in [5.41, 5.74) is 6.94. The molecule has 1 fully saturated rings. The molecule has 3 heteroatoms. The van der Waals surface area contributed by atoms with Gasteiger partial charge in [0.25, 0.3) is 0 Å². The fourth-order valence-electron chi connectivity index (χ4n) is 2.33. The maximum absolute atomic E-state index is 13.2. The van der Waals surface area contributed by atoms with Crippen LogP contribution in [-0.2, 0) is 5.54 Å². The van der Waals surface area contributed by atoms with Gasteiger partial charge in [0, 0.05) is 10.0 Å². The number of nitrogens with two attached hydrogens (primary N) is 1. The van der Waals surface area contributed by atoms with E-state index in [9.17, 15) is 4.39 Å². The van der Waals surface area contributed by atoms with E-state index in [1.165, 1.54) is 12.5 Å². The van der Waals surface area contributed by atoms with Crippen LogP contribution in [0.25, 0.3) is 0 Å². The third kappa shape index (κ3) is 2.23. The fraction of sp³-hybridized carbons (Fsp3) is 0.500. The quantitative estimate of drug-likeness (QED) is 0.828. The SMILES string of the molecule is NC1(c2cc(F)ccc2Br)CCCCC1. The lowest BCUT2D eigenvalue weighted by Crippen LogP contribution is -2.39. The first-order chi connectivity index (χ1) is 7.12. The predicted octanol–water partition coefficient (Wildman–Crippen LogP) is 3.71. The highest BCUT2D eigenvalue weighted by Gasteiger charge is 2.31. The summed E-state index contributed by atoms with van der Waals surface area (Å²) in [5.74, 6) is -0.205. The molecule has 0 spiro atoms. The summed E-state index contributed by atoms with van der Waals surface area (Å²) in [7, 11) is 0. The lowest BCUT2D eigenvalue weighted by molar-refractivity contribution is 0.300. The Morgan fingerprint density at radius 2 is 1.87 bits per heavy atom. The Hall–Kier alpha value is -0.410. The molecule has 0 atom stereocenters. The Morgan fingerprint density at radius 3 is 2.53 bits per heavy atom. The molecule has 1 aliphatic carbocycles. The molecule has 0 unspecified atom stereocenters. The van der Waals surface area contributed by atoms with Gasteiger partial charge < -0.3 is 5.73 Å². The molecule has 0 radical (unpaired) electrons. The van der Waals surface area contributed by atoms with Gasteiger partial charge in [-0.2, -0.15) is 0 Å². The van der Waals surface area contributed by atoms with Gasteiger partial charge in [-0.15, -0.1) is 0 Å². The summed E-state index contributed by atoms with van der Waals surface area (Å²) in [5, 5.41) is 0. The molecule has 0 amide bonds. The van der Waals surface area contributed by atoms with E-state index in [-0.39, 0.29) is 11.4 Å². The number of rotatable bonds is 1. The van der Waals surface area contributed by atoms with Gasteiger partial charge in [0.1, 0.15) is 5.82 Å². The van der Waals surface area contributed by atoms with Gasteiger partial charge in [0.05, 0.1) is 0 Å². The lowest BCUT2D eigenvalue weighted by atomic mass is 9.77. The summed E-state index contributed by atoms with van der Waals surface area (Å²) in [6.07, 6.45) is 5.43. The van der Waals surface area contributed by atoms with Crippen molar-refractivity contribution in [1.82, 2.24) is 0 Å². The van der Waals surface area contributed by atoms with Gasteiger partial charge in [-0.05, 0) is 36.6 Å². The molecule has 1 aromatic carbocycles. The lowest BCUT2D eigenvalue weighted by Gasteiger charge is -2.34. The van der Waals surface area contributed by atoms with Crippen molar-refractivity contribution in [2.75, 3.05) is 0 Å². The van der Waals surface area contributed by atoms with Crippen LogP contribution < -0.4 is 5.73 Å². The summed E-state index contributed by atoms with van der Waals surface area (Å²) in [6, 6.07) is 4.77. The standard InChI is InChI=1S/C12H15BrFN/c13-11-5-4-9(14)8-10(11)12(15)6-2-1-3-7-12/h4-5,8H,1-3,6-7,15H2. The average Bonchev–Trinajstić information content (AvgIpc) is 2.23. The number of benzene rings is 1. The highest BCUT2D eigenvalue weighted by molar-refractivity contribution is 9.10. The second-order valence-corrected chi connectivity index (χ2v) is 5.20. The van der Waals surface area contributed by atoms with Crippen LogP contribution in [0.2, 0.25) is 0 Å². The highest BCUT2D eigenvalue weighted by atomic mass is 79.9. The topological polar surface area (TPSA) is 26.0 Å². The molecular weight excluding hydrogens is 257 g/mol. The Morgan fingerprint density at radius 1 is 1.20 bits per heavy atom. The van der Waals surface area contributed by atoms with E-state index in [4.69, 9.17) is 5.73 Å². The van der Waals surface area contributed by atoms with Crippen LogP contribution in [0.4, 0.5) is 4.39 Å². The average molecular weight is 272 g/mol. The maximum Gasteiger partial charge on any atom is 0.123 e. The first kappa shape index (κ1) is 11.1. The van der Waals surface area contributed by atoms with E-state index in [0.717, 1.165) is 35.7 Å². The van der Waals surface area contributed by atoms with Crippen molar-refractivity contribution in [3.8, 4) is 0 Å². The zero-order valence-corrected chi connectivity index (χ0v) is 10.2. The minimum atomic E-state index is -0.334. The van der Waals surface area contributed by atoms with E-state index in [2.05, 4.69) is 15.9 Å². The van der Waals surface area contributed by atoms with Crippen LogP contribution in [-0.4, -0.2) is 0 Å². The van der Waals surface area contributed by atoms with Gasteiger partial charge in [0.15, 0.2) is 0 Å². The van der Waals surface area contributed by atoms with Crippen LogP contribution in [0.3, 0.4) is 0 Å². The van der Waals surface area contributed by atoms with Gasteiger partial charge in [0.2, 0.25) is 0 Å². The van der Waals surface area contributed by atoms with E-state index in [0.29, 0.717) is 0 Å². The maximum atomic E-state index is 13.2. The molecule has 0 saturated heterocycles. The molecule has 15 heavy (non-hydrogen) atoms. The van der Waals surface area contributed by atoms with Gasteiger partial charge in [-0.3, -0.25) is 0 Å². The largest absolute Gasteiger partial charge is 0.321 e. The second kappa shape index (κ2) is 4.22. The summed E-state index contributed by atoms with van der Waals surface area (Å²) in [6.45, 7) is 0. The van der Waals surface area contributed by atoms with E-state index < -0.39 is 0 Å². The van der Waals surface area contributed by atoms with E-state index in [1.54, 1.807) is 12.1 Å². The van der Waals surface area contributed by atoms with Crippen LogP contribution in [0, 0.1) is 5.82 Å². The van der Waals surface area contributed by atoms with Crippen molar-refractivity contribution in [3.05, 3.63) is 34.1 Å². The van der Waals surface area contributed by atoms with Crippen LogP contribution in [0.15, 0.2) is 22.7 Å². The monoisotopic (exact) mass is 271 g/mol. The van der Waals surface area contributed by atoms with Crippen molar-refractivity contribution in [3.63, 3.8) is 0 Å². The number of hydrogen-bond acceptors (Lipinski definition) is 1. The number of halogens is 2. The van der Waals surface area contributed by atoms with Gasteiger partial charge >= 0.3 is 0 Å². The molecule has 0 bridgehead atoms. The molecule has 2 rings (SSSR count). The Balaban J connectivity index is 2.38. The first-order valence-corrected chi connectivity index (χ1v) is 6.15. The highest BCUT2D eigenvalue weighted by Crippen LogP contribution is 2.38. The number of hydrogen-bond donors (Lipinski definition) is 1. The molecule has 1 nitrogen and oxygen atoms in total. The molecule has 2 N–H and O–H groups in total.